The van der Waals surface area contributed by atoms with Crippen molar-refractivity contribution >= 4 is 44.9 Å². The Morgan fingerprint density at radius 1 is 1.03 bits per heavy atom. The van der Waals surface area contributed by atoms with Crippen molar-refractivity contribution in [2.75, 3.05) is 36.4 Å². The van der Waals surface area contributed by atoms with Crippen LogP contribution in [0.4, 0.5) is 11.5 Å². The van der Waals surface area contributed by atoms with Crippen LogP contribution >= 0.6 is 11.3 Å². The molecule has 4 heterocycles. The van der Waals surface area contributed by atoms with E-state index in [1.165, 1.54) is 28.7 Å². The number of amides is 2. The molecule has 2 aliphatic carbocycles. The van der Waals surface area contributed by atoms with Crippen LogP contribution in [0.5, 0.6) is 0 Å². The molecule has 2 amide bonds. The monoisotopic (exact) mass is 516 g/mol. The number of hydrogen-bond donors (Lipinski definition) is 1. The lowest BCUT2D eigenvalue weighted by molar-refractivity contribution is -0.141. The van der Waals surface area contributed by atoms with Gasteiger partial charge in [-0.05, 0) is 63.1 Å². The summed E-state index contributed by atoms with van der Waals surface area (Å²) in [5.74, 6) is 1.07. The zero-order valence-electron chi connectivity index (χ0n) is 21.2. The highest BCUT2D eigenvalue weighted by atomic mass is 32.1. The van der Waals surface area contributed by atoms with Gasteiger partial charge in [0.15, 0.2) is 0 Å². The van der Waals surface area contributed by atoms with E-state index in [4.69, 9.17) is 9.97 Å². The summed E-state index contributed by atoms with van der Waals surface area (Å²) in [6.07, 6.45) is 13.2. The molecule has 2 atom stereocenters. The average Bonchev–Trinajstić information content (AvgIpc) is 3.31. The Morgan fingerprint density at radius 2 is 1.81 bits per heavy atom. The van der Waals surface area contributed by atoms with Gasteiger partial charge in [-0.1, -0.05) is 12.2 Å². The molecule has 8 nitrogen and oxygen atoms in total. The molecule has 3 aromatic rings. The second-order valence-electron chi connectivity index (χ2n) is 10.2. The first-order valence-corrected chi connectivity index (χ1v) is 14.1. The fourth-order valence-electron chi connectivity index (χ4n) is 5.89. The minimum absolute atomic E-state index is 0.0762. The van der Waals surface area contributed by atoms with Gasteiger partial charge in [-0.3, -0.25) is 14.6 Å². The molecule has 3 aromatic heterocycles. The van der Waals surface area contributed by atoms with E-state index >= 15 is 0 Å². The predicted molar refractivity (Wildman–Crippen MR) is 146 cm³/mol. The molecule has 0 bridgehead atoms. The van der Waals surface area contributed by atoms with E-state index in [0.29, 0.717) is 31.6 Å². The number of fused-ring (bicyclic) bond motifs is 3. The molecule has 0 unspecified atom stereocenters. The zero-order chi connectivity index (χ0) is 25.4. The van der Waals surface area contributed by atoms with E-state index < -0.39 is 0 Å². The molecule has 37 heavy (non-hydrogen) atoms. The number of nitrogens with zero attached hydrogens (tertiary/aromatic N) is 5. The Labute approximate surface area is 220 Å². The number of carbonyl (C=O) groups excluding carboxylic acids is 2. The quantitative estimate of drug-likeness (QED) is 0.524. The summed E-state index contributed by atoms with van der Waals surface area (Å²) < 4.78 is 0. The van der Waals surface area contributed by atoms with E-state index in [2.05, 4.69) is 15.2 Å². The minimum atomic E-state index is -0.378. The maximum absolute atomic E-state index is 13.6. The number of aryl methyl sites for hydroxylation is 3. The van der Waals surface area contributed by atoms with Crippen molar-refractivity contribution in [2.24, 2.45) is 11.8 Å². The maximum atomic E-state index is 13.6. The van der Waals surface area contributed by atoms with Gasteiger partial charge in [-0.2, -0.15) is 0 Å². The number of anilines is 2. The first-order chi connectivity index (χ1) is 18.1. The third-order valence-electron chi connectivity index (χ3n) is 7.81. The van der Waals surface area contributed by atoms with Crippen LogP contribution in [0.15, 0.2) is 36.7 Å². The highest BCUT2D eigenvalue weighted by Crippen LogP contribution is 2.40. The van der Waals surface area contributed by atoms with Crippen molar-refractivity contribution in [3.05, 3.63) is 52.9 Å². The number of allylic oxidation sites excluding steroid dienone is 2. The number of hydrogen-bond acceptors (Lipinski definition) is 7. The van der Waals surface area contributed by atoms with Crippen molar-refractivity contribution < 1.29 is 9.59 Å². The normalized spacial score (nSPS) is 21.6. The van der Waals surface area contributed by atoms with Crippen LogP contribution in [0.1, 0.15) is 41.9 Å². The van der Waals surface area contributed by atoms with Crippen LogP contribution in [0.3, 0.4) is 0 Å². The molecule has 0 saturated carbocycles. The SMILES string of the molecule is Cc1nc(N2CCN(C(=O)[C@H]3CC=CC[C@H]3C(=O)Nc3cccnc3)CC2)c2c3c(sc2n1)CCCC3. The Kier molecular flexibility index (Phi) is 6.63. The largest absolute Gasteiger partial charge is 0.352 e. The summed E-state index contributed by atoms with van der Waals surface area (Å²) in [6.45, 7) is 4.70. The van der Waals surface area contributed by atoms with Crippen LogP contribution in [0.25, 0.3) is 10.2 Å². The zero-order valence-corrected chi connectivity index (χ0v) is 22.0. The van der Waals surface area contributed by atoms with E-state index in [1.54, 1.807) is 18.5 Å². The summed E-state index contributed by atoms with van der Waals surface area (Å²) in [5.41, 5.74) is 2.10. The first-order valence-electron chi connectivity index (χ1n) is 13.3. The van der Waals surface area contributed by atoms with Gasteiger partial charge >= 0.3 is 0 Å². The molecule has 1 aliphatic heterocycles. The van der Waals surface area contributed by atoms with Crippen LogP contribution in [0.2, 0.25) is 0 Å². The summed E-state index contributed by atoms with van der Waals surface area (Å²) in [7, 11) is 0. The van der Waals surface area contributed by atoms with Crippen molar-refractivity contribution in [2.45, 2.75) is 45.4 Å². The Morgan fingerprint density at radius 3 is 2.59 bits per heavy atom. The Balaban J connectivity index is 1.16. The molecule has 6 rings (SSSR count). The second kappa shape index (κ2) is 10.2. The fraction of sp³-hybridized carbons (Fsp3) is 0.464. The van der Waals surface area contributed by atoms with E-state index in [0.717, 1.165) is 42.4 Å². The van der Waals surface area contributed by atoms with Crippen LogP contribution in [0, 0.1) is 18.8 Å². The van der Waals surface area contributed by atoms with Crippen molar-refractivity contribution in [1.29, 1.82) is 0 Å². The molecule has 1 N–H and O–H groups in total. The number of aromatic nitrogens is 3. The van der Waals surface area contributed by atoms with Crippen LogP contribution in [-0.2, 0) is 22.4 Å². The molecular formula is C28H32N6O2S. The van der Waals surface area contributed by atoms with Gasteiger partial charge in [0.2, 0.25) is 11.8 Å². The number of nitrogens with one attached hydrogen (secondary N) is 1. The molecular weight excluding hydrogens is 484 g/mol. The van der Waals surface area contributed by atoms with Crippen LogP contribution < -0.4 is 10.2 Å². The van der Waals surface area contributed by atoms with Crippen molar-refractivity contribution in [1.82, 2.24) is 19.9 Å². The highest BCUT2D eigenvalue weighted by Gasteiger charge is 2.37. The number of piperazine rings is 1. The summed E-state index contributed by atoms with van der Waals surface area (Å²) >= 11 is 1.83. The van der Waals surface area contributed by atoms with Gasteiger partial charge in [-0.25, -0.2) is 9.97 Å². The van der Waals surface area contributed by atoms with Crippen molar-refractivity contribution in [3.8, 4) is 0 Å². The third kappa shape index (κ3) is 4.72. The maximum Gasteiger partial charge on any atom is 0.228 e. The lowest BCUT2D eigenvalue weighted by Gasteiger charge is -2.39. The molecule has 3 aliphatic rings. The predicted octanol–water partition coefficient (Wildman–Crippen LogP) is 4.14. The molecule has 0 spiro atoms. The average molecular weight is 517 g/mol. The Hall–Kier alpha value is -3.33. The van der Waals surface area contributed by atoms with E-state index in [1.807, 2.05) is 41.4 Å². The number of rotatable bonds is 4. The lowest BCUT2D eigenvalue weighted by atomic mass is 9.81. The molecule has 9 heteroatoms. The summed E-state index contributed by atoms with van der Waals surface area (Å²) in [6, 6.07) is 3.60. The van der Waals surface area contributed by atoms with E-state index in [-0.39, 0.29) is 23.7 Å². The highest BCUT2D eigenvalue weighted by molar-refractivity contribution is 7.19. The third-order valence-corrected chi connectivity index (χ3v) is 9.00. The Bertz CT molecular complexity index is 1350. The number of carbonyl (C=O) groups is 2. The molecule has 192 valence electrons. The molecule has 1 fully saturated rings. The lowest BCUT2D eigenvalue weighted by Crippen LogP contribution is -2.52. The van der Waals surface area contributed by atoms with Gasteiger partial charge in [0.25, 0.3) is 0 Å². The van der Waals surface area contributed by atoms with Gasteiger partial charge in [-0.15, -0.1) is 11.3 Å². The standard InChI is InChI=1S/C28H32N6O2S/c1-18-30-25(24-22-10-4-5-11-23(22)37-27(24)31-18)33-13-15-34(16-14-33)28(36)21-9-3-2-8-20(21)26(35)32-19-7-6-12-29-17-19/h2-3,6-7,12,17,20-21H,4-5,8-11,13-16H2,1H3,(H,32,35)/t20-,21+/m1/s1. The summed E-state index contributed by atoms with van der Waals surface area (Å²) in [4.78, 5) is 47.3. The van der Waals surface area contributed by atoms with Crippen LogP contribution in [-0.4, -0.2) is 57.8 Å². The van der Waals surface area contributed by atoms with Gasteiger partial charge in [0.1, 0.15) is 16.5 Å². The number of thiophene rings is 1. The smallest absolute Gasteiger partial charge is 0.228 e. The molecule has 0 radical (unpaired) electrons. The van der Waals surface area contributed by atoms with E-state index in [9.17, 15) is 9.59 Å². The van der Waals surface area contributed by atoms with Crippen molar-refractivity contribution in [3.63, 3.8) is 0 Å². The summed E-state index contributed by atoms with van der Waals surface area (Å²) in [5, 5.41) is 4.18. The fourth-order valence-corrected chi connectivity index (χ4v) is 7.19. The topological polar surface area (TPSA) is 91.3 Å². The first kappa shape index (κ1) is 24.0. The minimum Gasteiger partial charge on any atom is -0.352 e. The van der Waals surface area contributed by atoms with Gasteiger partial charge < -0.3 is 15.1 Å². The number of pyridine rings is 1. The van der Waals surface area contributed by atoms with Gasteiger partial charge in [0, 0.05) is 37.3 Å². The van der Waals surface area contributed by atoms with Gasteiger partial charge in [0.05, 0.1) is 29.1 Å². The molecule has 1 saturated heterocycles. The second-order valence-corrected chi connectivity index (χ2v) is 11.3. The molecule has 0 aromatic carbocycles.